The molecule has 2 fully saturated rings. The summed E-state index contributed by atoms with van der Waals surface area (Å²) < 4.78 is 32.1. The lowest BCUT2D eigenvalue weighted by Gasteiger charge is -2.31. The summed E-state index contributed by atoms with van der Waals surface area (Å²) >= 11 is 0. The van der Waals surface area contributed by atoms with Crippen LogP contribution in [-0.4, -0.2) is 36.5 Å². The largest absolute Gasteiger partial charge is 0.371 e. The summed E-state index contributed by atoms with van der Waals surface area (Å²) in [6.07, 6.45) is 19.9. The minimum absolute atomic E-state index is 0.0833. The molecule has 0 N–H and O–H groups in total. The van der Waals surface area contributed by atoms with Gasteiger partial charge < -0.3 is 9.64 Å². The Labute approximate surface area is 276 Å². The van der Waals surface area contributed by atoms with Gasteiger partial charge in [-0.2, -0.15) is 8.78 Å². The van der Waals surface area contributed by atoms with Gasteiger partial charge in [0, 0.05) is 36.2 Å². The van der Waals surface area contributed by atoms with Gasteiger partial charge in [-0.05, 0) is 118 Å². The molecule has 0 aromatic heterocycles. The highest BCUT2D eigenvalue weighted by Gasteiger charge is 2.32. The van der Waals surface area contributed by atoms with Gasteiger partial charge in [0.2, 0.25) is 0 Å². The molecule has 1 aromatic rings. The smallest absolute Gasteiger partial charge is 0.345 e. The number of ketones is 1. The monoisotopic (exact) mass is 629 g/mol. The zero-order valence-corrected chi connectivity index (χ0v) is 28.4. The molecule has 1 aliphatic heterocycles. The molecule has 0 unspecified atom stereocenters. The van der Waals surface area contributed by atoms with Gasteiger partial charge in [0.1, 0.15) is 0 Å². The fraction of sp³-hybridized carbons (Fsp3) is 0.488. The van der Waals surface area contributed by atoms with E-state index in [9.17, 15) is 13.6 Å². The maximum atomic E-state index is 13.4. The SMILES string of the molecule is C=C\C=C(/C(=C/C(=C\C)c1ccc([C@@H]2CC/C(=C/C(C)C)CC[C@H]2OC(F)F)cc1)C(=C)C)N1CC/C=C(\C(=O)C2CC2)CCC1. The van der Waals surface area contributed by atoms with Crippen LogP contribution in [0.2, 0.25) is 0 Å². The zero-order valence-electron chi connectivity index (χ0n) is 28.4. The number of hydrogen-bond donors (Lipinski definition) is 0. The Morgan fingerprint density at radius 3 is 2.37 bits per heavy atom. The first-order chi connectivity index (χ1) is 22.1. The van der Waals surface area contributed by atoms with Crippen LogP contribution in [0.1, 0.15) is 103 Å². The molecule has 2 saturated carbocycles. The number of carbonyl (C=O) groups excluding carboxylic acids is 1. The number of ether oxygens (including phenoxy) is 1. The lowest BCUT2D eigenvalue weighted by molar-refractivity contribution is -0.169. The van der Waals surface area contributed by atoms with Crippen LogP contribution in [0.4, 0.5) is 8.78 Å². The van der Waals surface area contributed by atoms with Gasteiger partial charge in [-0.1, -0.05) is 81.1 Å². The predicted molar refractivity (Wildman–Crippen MR) is 188 cm³/mol. The Bertz CT molecular complexity index is 1390. The summed E-state index contributed by atoms with van der Waals surface area (Å²) in [7, 11) is 0. The summed E-state index contributed by atoms with van der Waals surface area (Å²) in [5, 5.41) is 0. The fourth-order valence-electron chi connectivity index (χ4n) is 6.94. The van der Waals surface area contributed by atoms with Crippen molar-refractivity contribution in [1.82, 2.24) is 4.90 Å². The standard InChI is InChI=1S/C41H53F2NO2/c1-7-11-38(44-24-9-12-34(13-10-25-44)40(45)35-20-21-35)37(29(5)6)27-31(8-2)32-16-18-33(19-17-32)36-22-14-30(26-28(3)4)15-23-39(36)46-41(42)43/h7-8,11-12,16-19,26-28,35-36,39,41H,1,5,9-10,13-15,20-25H2,2-4,6H3/b30-26-,31-8+,34-12-,37-27+,38-11+/t36-,39+/m0/s1. The van der Waals surface area contributed by atoms with E-state index in [1.807, 2.05) is 19.9 Å². The molecule has 0 saturated heterocycles. The van der Waals surface area contributed by atoms with E-state index >= 15 is 0 Å². The van der Waals surface area contributed by atoms with Gasteiger partial charge in [-0.25, -0.2) is 0 Å². The van der Waals surface area contributed by atoms with Crippen LogP contribution in [0.5, 0.6) is 0 Å². The molecule has 0 bridgehead atoms. The normalized spacial score (nSPS) is 24.3. The Morgan fingerprint density at radius 2 is 1.76 bits per heavy atom. The average Bonchev–Trinajstić information content (AvgIpc) is 3.86. The van der Waals surface area contributed by atoms with Crippen molar-refractivity contribution >= 4 is 11.4 Å². The second kappa shape index (κ2) is 17.0. The predicted octanol–water partition coefficient (Wildman–Crippen LogP) is 10.9. The molecule has 0 spiro atoms. The van der Waals surface area contributed by atoms with Crippen molar-refractivity contribution in [2.24, 2.45) is 11.8 Å². The third kappa shape index (κ3) is 9.84. The van der Waals surface area contributed by atoms with Gasteiger partial charge in [0.25, 0.3) is 0 Å². The summed E-state index contributed by atoms with van der Waals surface area (Å²) in [5.41, 5.74) is 8.62. The molecule has 4 rings (SSSR count). The lowest BCUT2D eigenvalue weighted by atomic mass is 9.88. The van der Waals surface area contributed by atoms with Crippen molar-refractivity contribution < 1.29 is 18.3 Å². The third-order valence-electron chi connectivity index (χ3n) is 9.39. The molecule has 0 amide bonds. The highest BCUT2D eigenvalue weighted by atomic mass is 19.3. The number of halogens is 2. The summed E-state index contributed by atoms with van der Waals surface area (Å²) in [6, 6.07) is 8.37. The van der Waals surface area contributed by atoms with Crippen LogP contribution < -0.4 is 0 Å². The average molecular weight is 630 g/mol. The second-order valence-electron chi connectivity index (χ2n) is 13.4. The van der Waals surface area contributed by atoms with Crippen molar-refractivity contribution in [2.75, 3.05) is 13.1 Å². The van der Waals surface area contributed by atoms with E-state index in [-0.39, 0.29) is 11.8 Å². The first-order valence-electron chi connectivity index (χ1n) is 17.2. The summed E-state index contributed by atoms with van der Waals surface area (Å²) in [4.78, 5) is 15.1. The Morgan fingerprint density at radius 1 is 1.04 bits per heavy atom. The number of Topliss-reactive ketones (excluding diaryl/α,β-unsaturated/α-hetero) is 1. The van der Waals surface area contributed by atoms with E-state index in [1.165, 1.54) is 5.57 Å². The first kappa shape index (κ1) is 35.5. The van der Waals surface area contributed by atoms with Gasteiger partial charge in [0.05, 0.1) is 6.10 Å². The topological polar surface area (TPSA) is 29.5 Å². The number of alkyl halides is 2. The third-order valence-corrected chi connectivity index (χ3v) is 9.39. The number of benzene rings is 1. The molecule has 1 aromatic carbocycles. The number of nitrogens with zero attached hydrogens (tertiary/aromatic N) is 1. The van der Waals surface area contributed by atoms with E-state index in [4.69, 9.17) is 4.74 Å². The van der Waals surface area contributed by atoms with E-state index in [1.54, 1.807) is 0 Å². The van der Waals surface area contributed by atoms with Gasteiger partial charge in [-0.3, -0.25) is 4.79 Å². The molecule has 3 nitrogen and oxygen atoms in total. The van der Waals surface area contributed by atoms with Crippen LogP contribution in [0.3, 0.4) is 0 Å². The maximum Gasteiger partial charge on any atom is 0.345 e. The van der Waals surface area contributed by atoms with Crippen LogP contribution in [-0.2, 0) is 9.53 Å². The Kier molecular flexibility index (Phi) is 13.1. The van der Waals surface area contributed by atoms with Gasteiger partial charge in [0.15, 0.2) is 5.78 Å². The molecule has 1 heterocycles. The van der Waals surface area contributed by atoms with Crippen molar-refractivity contribution in [1.29, 1.82) is 0 Å². The molecule has 2 aliphatic carbocycles. The lowest BCUT2D eigenvalue weighted by Crippen LogP contribution is -2.28. The van der Waals surface area contributed by atoms with E-state index in [2.05, 4.69) is 86.6 Å². The number of allylic oxidation sites excluding steroid dienone is 9. The highest BCUT2D eigenvalue weighted by molar-refractivity contribution is 5.98. The number of hydrogen-bond acceptors (Lipinski definition) is 3. The highest BCUT2D eigenvalue weighted by Crippen LogP contribution is 2.38. The number of carbonyl (C=O) groups is 1. The van der Waals surface area contributed by atoms with Gasteiger partial charge >= 0.3 is 6.61 Å². The fourth-order valence-corrected chi connectivity index (χ4v) is 6.94. The van der Waals surface area contributed by atoms with Gasteiger partial charge in [-0.15, -0.1) is 0 Å². The van der Waals surface area contributed by atoms with Crippen LogP contribution in [0.25, 0.3) is 5.57 Å². The molecule has 0 radical (unpaired) electrons. The van der Waals surface area contributed by atoms with E-state index < -0.39 is 12.7 Å². The van der Waals surface area contributed by atoms with Crippen LogP contribution >= 0.6 is 0 Å². The van der Waals surface area contributed by atoms with Crippen LogP contribution in [0, 0.1) is 11.8 Å². The van der Waals surface area contributed by atoms with E-state index in [0.29, 0.717) is 18.1 Å². The molecule has 3 aliphatic rings. The maximum absolute atomic E-state index is 13.4. The quantitative estimate of drug-likeness (QED) is 0.131. The Balaban J connectivity index is 1.56. The second-order valence-corrected chi connectivity index (χ2v) is 13.4. The molecule has 46 heavy (non-hydrogen) atoms. The zero-order chi connectivity index (χ0) is 33.2. The van der Waals surface area contributed by atoms with Crippen molar-refractivity contribution in [3.8, 4) is 0 Å². The first-order valence-corrected chi connectivity index (χ1v) is 17.2. The minimum Gasteiger partial charge on any atom is -0.371 e. The summed E-state index contributed by atoms with van der Waals surface area (Å²) in [5.74, 6) is 0.990. The molecule has 248 valence electrons. The molecular weight excluding hydrogens is 576 g/mol. The van der Waals surface area contributed by atoms with Crippen molar-refractivity contribution in [3.63, 3.8) is 0 Å². The Hall–Kier alpha value is -3.31. The van der Waals surface area contributed by atoms with E-state index in [0.717, 1.165) is 104 Å². The van der Waals surface area contributed by atoms with Crippen molar-refractivity contribution in [2.45, 2.75) is 104 Å². The van der Waals surface area contributed by atoms with Crippen molar-refractivity contribution in [3.05, 3.63) is 113 Å². The molecular formula is C41H53F2NO2. The number of rotatable bonds is 12. The molecule has 2 atom stereocenters. The van der Waals surface area contributed by atoms with Crippen LogP contribution in [0.15, 0.2) is 102 Å². The summed E-state index contributed by atoms with van der Waals surface area (Å²) in [6.45, 7) is 15.6. The molecule has 5 heteroatoms. The minimum atomic E-state index is -2.78.